The molecule has 0 aliphatic carbocycles. The van der Waals surface area contributed by atoms with Crippen molar-refractivity contribution in [2.24, 2.45) is 22.2 Å². The van der Waals surface area contributed by atoms with E-state index in [1.807, 2.05) is 36.4 Å². The summed E-state index contributed by atoms with van der Waals surface area (Å²) in [5, 5.41) is 7.36. The molecule has 1 aromatic heterocycles. The molecule has 0 radical (unpaired) electrons. The number of hydrogen-bond acceptors (Lipinski definition) is 3. The van der Waals surface area contributed by atoms with Crippen LogP contribution in [-0.2, 0) is 6.42 Å². The van der Waals surface area contributed by atoms with Crippen molar-refractivity contribution in [1.29, 1.82) is 5.41 Å². The molecule has 25 heavy (non-hydrogen) atoms. The molecule has 0 spiro atoms. The quantitative estimate of drug-likeness (QED) is 0.417. The van der Waals surface area contributed by atoms with Gasteiger partial charge >= 0.3 is 0 Å². The van der Waals surface area contributed by atoms with Crippen molar-refractivity contribution in [3.05, 3.63) is 66.2 Å². The molecule has 126 valence electrons. The van der Waals surface area contributed by atoms with Crippen LogP contribution in [0.2, 0.25) is 0 Å². The summed E-state index contributed by atoms with van der Waals surface area (Å²) in [6.45, 7) is 0. The Hall–Kier alpha value is -3.12. The molecule has 0 fully saturated rings. The topological polar surface area (TPSA) is 114 Å². The molecular formula is C19H19N5S. The van der Waals surface area contributed by atoms with E-state index in [0.29, 0.717) is 6.42 Å². The van der Waals surface area contributed by atoms with Crippen LogP contribution in [0.5, 0.6) is 0 Å². The minimum absolute atomic E-state index is 0.0550. The maximum Gasteiger partial charge on any atom is 0.191 e. The summed E-state index contributed by atoms with van der Waals surface area (Å²) in [5.74, 6) is 0.231. The standard InChI is InChI=1S/C19H19N5S/c20-18(21)11-12-1-3-13(4-2-12)16-9-10-17(25-16)14-5-7-15(8-6-14)24-19(22)23/h1-10H,11H2,(H3,20,21)(H4,22,23,24). The predicted octanol–water partition coefficient (Wildman–Crippen LogP) is 3.47. The normalized spacial score (nSPS) is 10.4. The first-order valence-electron chi connectivity index (χ1n) is 7.73. The average Bonchev–Trinajstić information content (AvgIpc) is 3.05. The molecule has 0 saturated carbocycles. The second-order valence-corrected chi connectivity index (χ2v) is 6.73. The Bertz CT molecular complexity index is 904. The first-order valence-corrected chi connectivity index (χ1v) is 8.55. The highest BCUT2D eigenvalue weighted by Gasteiger charge is 2.06. The van der Waals surface area contributed by atoms with Crippen LogP contribution in [-0.4, -0.2) is 11.8 Å². The van der Waals surface area contributed by atoms with E-state index >= 15 is 0 Å². The number of nitrogens with one attached hydrogen (secondary N) is 1. The maximum absolute atomic E-state index is 7.36. The molecular weight excluding hydrogens is 330 g/mol. The molecule has 5 nitrogen and oxygen atoms in total. The van der Waals surface area contributed by atoms with Crippen molar-refractivity contribution in [3.63, 3.8) is 0 Å². The number of amidine groups is 1. The fourth-order valence-corrected chi connectivity index (χ4v) is 3.52. The number of nitrogens with two attached hydrogens (primary N) is 3. The number of guanidine groups is 1. The summed E-state index contributed by atoms with van der Waals surface area (Å²) in [7, 11) is 0. The van der Waals surface area contributed by atoms with Gasteiger partial charge in [0.2, 0.25) is 0 Å². The molecule has 0 aliphatic heterocycles. The Morgan fingerprint density at radius 3 is 1.80 bits per heavy atom. The summed E-state index contributed by atoms with van der Waals surface area (Å²) in [4.78, 5) is 6.40. The Balaban J connectivity index is 1.80. The lowest BCUT2D eigenvalue weighted by molar-refractivity contribution is 1.25. The zero-order valence-corrected chi connectivity index (χ0v) is 14.4. The van der Waals surface area contributed by atoms with E-state index in [2.05, 4.69) is 29.3 Å². The molecule has 0 amide bonds. The Morgan fingerprint density at radius 1 is 0.800 bits per heavy atom. The highest BCUT2D eigenvalue weighted by Crippen LogP contribution is 2.35. The predicted molar refractivity (Wildman–Crippen MR) is 106 cm³/mol. The van der Waals surface area contributed by atoms with Crippen molar-refractivity contribution >= 4 is 28.8 Å². The summed E-state index contributed by atoms with van der Waals surface area (Å²) in [6, 6.07) is 20.2. The largest absolute Gasteiger partial charge is 0.387 e. The molecule has 0 saturated heterocycles. The zero-order valence-electron chi connectivity index (χ0n) is 13.6. The van der Waals surface area contributed by atoms with Gasteiger partial charge in [0.25, 0.3) is 0 Å². The van der Waals surface area contributed by atoms with Gasteiger partial charge in [0.15, 0.2) is 5.96 Å². The fraction of sp³-hybridized carbons (Fsp3) is 0.0526. The highest BCUT2D eigenvalue weighted by atomic mass is 32.1. The number of rotatable bonds is 5. The van der Waals surface area contributed by atoms with Crippen LogP contribution in [0.4, 0.5) is 5.69 Å². The van der Waals surface area contributed by atoms with Gasteiger partial charge in [-0.15, -0.1) is 11.3 Å². The lowest BCUT2D eigenvalue weighted by Crippen LogP contribution is -2.21. The van der Waals surface area contributed by atoms with E-state index in [0.717, 1.165) is 22.4 Å². The molecule has 0 unspecified atom stereocenters. The number of benzene rings is 2. The molecule has 0 bridgehead atoms. The minimum atomic E-state index is 0.0550. The third-order valence-electron chi connectivity index (χ3n) is 3.65. The molecule has 2 aromatic carbocycles. The third-order valence-corrected chi connectivity index (χ3v) is 4.83. The molecule has 0 atom stereocenters. The lowest BCUT2D eigenvalue weighted by Gasteiger charge is -2.02. The molecule has 3 aromatic rings. The van der Waals surface area contributed by atoms with Crippen LogP contribution in [0.1, 0.15) is 5.56 Å². The molecule has 7 N–H and O–H groups in total. The van der Waals surface area contributed by atoms with Gasteiger partial charge in [0.1, 0.15) is 0 Å². The van der Waals surface area contributed by atoms with Gasteiger partial charge in [-0.3, -0.25) is 5.41 Å². The summed E-state index contributed by atoms with van der Waals surface area (Å²) in [5.41, 5.74) is 20.3. The van der Waals surface area contributed by atoms with E-state index in [1.165, 1.54) is 9.75 Å². The van der Waals surface area contributed by atoms with Gasteiger partial charge < -0.3 is 17.2 Å². The average molecular weight is 349 g/mol. The van der Waals surface area contributed by atoms with Crippen molar-refractivity contribution in [3.8, 4) is 20.9 Å². The van der Waals surface area contributed by atoms with Gasteiger partial charge in [0.05, 0.1) is 11.5 Å². The van der Waals surface area contributed by atoms with Crippen LogP contribution in [0.25, 0.3) is 20.9 Å². The molecule has 3 rings (SSSR count). The SMILES string of the molecule is N=C(N)Cc1ccc(-c2ccc(-c3ccc(N=C(N)N)cc3)s2)cc1. The van der Waals surface area contributed by atoms with Crippen molar-refractivity contribution < 1.29 is 0 Å². The van der Waals surface area contributed by atoms with Gasteiger partial charge in [-0.25, -0.2) is 4.99 Å². The molecule has 0 aliphatic rings. The second kappa shape index (κ2) is 7.19. The smallest absolute Gasteiger partial charge is 0.191 e. The molecule has 1 heterocycles. The Kier molecular flexibility index (Phi) is 4.81. The van der Waals surface area contributed by atoms with E-state index in [1.54, 1.807) is 11.3 Å². The fourth-order valence-electron chi connectivity index (χ4n) is 2.50. The Morgan fingerprint density at radius 2 is 1.32 bits per heavy atom. The van der Waals surface area contributed by atoms with Crippen LogP contribution in [0.3, 0.4) is 0 Å². The number of aliphatic imine (C=N–C) groups is 1. The van der Waals surface area contributed by atoms with Gasteiger partial charge in [-0.05, 0) is 41.0 Å². The van der Waals surface area contributed by atoms with Crippen molar-refractivity contribution in [2.45, 2.75) is 6.42 Å². The van der Waals surface area contributed by atoms with Gasteiger partial charge in [0, 0.05) is 16.2 Å². The van der Waals surface area contributed by atoms with E-state index in [4.69, 9.17) is 22.6 Å². The lowest BCUT2D eigenvalue weighted by atomic mass is 10.1. The van der Waals surface area contributed by atoms with E-state index in [9.17, 15) is 0 Å². The third kappa shape index (κ3) is 4.24. The first-order chi connectivity index (χ1) is 12.0. The van der Waals surface area contributed by atoms with Crippen LogP contribution >= 0.6 is 11.3 Å². The summed E-state index contributed by atoms with van der Waals surface area (Å²) < 4.78 is 0. The highest BCUT2D eigenvalue weighted by molar-refractivity contribution is 7.18. The van der Waals surface area contributed by atoms with Gasteiger partial charge in [-0.1, -0.05) is 36.4 Å². The number of nitrogens with zero attached hydrogens (tertiary/aromatic N) is 1. The van der Waals surface area contributed by atoms with Crippen LogP contribution < -0.4 is 17.2 Å². The number of hydrogen-bond donors (Lipinski definition) is 4. The van der Waals surface area contributed by atoms with Crippen LogP contribution in [0, 0.1) is 5.41 Å². The van der Waals surface area contributed by atoms with Gasteiger partial charge in [-0.2, -0.15) is 0 Å². The Labute approximate surface area is 150 Å². The minimum Gasteiger partial charge on any atom is -0.387 e. The maximum atomic E-state index is 7.36. The van der Waals surface area contributed by atoms with E-state index in [-0.39, 0.29) is 11.8 Å². The van der Waals surface area contributed by atoms with Crippen molar-refractivity contribution in [1.82, 2.24) is 0 Å². The molecule has 6 heteroatoms. The van der Waals surface area contributed by atoms with Crippen molar-refractivity contribution in [2.75, 3.05) is 0 Å². The second-order valence-electron chi connectivity index (χ2n) is 5.65. The monoisotopic (exact) mass is 349 g/mol. The van der Waals surface area contributed by atoms with Crippen LogP contribution in [0.15, 0.2) is 65.7 Å². The first kappa shape index (κ1) is 16.7. The zero-order chi connectivity index (χ0) is 17.8. The summed E-state index contributed by atoms with van der Waals surface area (Å²) >= 11 is 1.73. The number of thiophene rings is 1. The van der Waals surface area contributed by atoms with E-state index < -0.39 is 0 Å². The summed E-state index contributed by atoms with van der Waals surface area (Å²) in [6.07, 6.45) is 0.484.